The third kappa shape index (κ3) is 3.88. The van der Waals surface area contributed by atoms with Gasteiger partial charge >= 0.3 is 6.03 Å². The molecule has 1 saturated heterocycles. The lowest BCUT2D eigenvalue weighted by atomic mass is 10.0. The van der Waals surface area contributed by atoms with Gasteiger partial charge in [0.05, 0.1) is 0 Å². The lowest BCUT2D eigenvalue weighted by Gasteiger charge is -2.31. The maximum atomic E-state index is 11.0. The van der Waals surface area contributed by atoms with E-state index in [9.17, 15) is 4.79 Å². The number of nitrogens with one attached hydrogen (secondary N) is 1. The first-order chi connectivity index (χ1) is 9.19. The van der Waals surface area contributed by atoms with Crippen LogP contribution in [0.5, 0.6) is 0 Å². The number of nitrogens with zero attached hydrogens (tertiary/aromatic N) is 1. The van der Waals surface area contributed by atoms with E-state index in [1.807, 2.05) is 0 Å². The molecule has 2 rings (SSSR count). The molecule has 1 aliphatic rings. The van der Waals surface area contributed by atoms with Gasteiger partial charge in [-0.25, -0.2) is 4.79 Å². The molecular formula is C15H23N3O. The van der Waals surface area contributed by atoms with Crippen LogP contribution in [-0.2, 0) is 6.42 Å². The van der Waals surface area contributed by atoms with Crippen LogP contribution < -0.4 is 11.1 Å². The molecule has 19 heavy (non-hydrogen) atoms. The second-order valence-electron chi connectivity index (χ2n) is 5.19. The highest BCUT2D eigenvalue weighted by molar-refractivity contribution is 5.72. The molecule has 3 N–H and O–H groups in total. The average Bonchev–Trinajstić information content (AvgIpc) is 2.42. The number of carbonyl (C=O) groups is 1. The first kappa shape index (κ1) is 13.7. The Labute approximate surface area is 115 Å². The number of rotatable bonds is 4. The van der Waals surface area contributed by atoms with E-state index in [-0.39, 0.29) is 6.03 Å². The number of amides is 2. The molecule has 0 bridgehead atoms. The summed E-state index contributed by atoms with van der Waals surface area (Å²) in [4.78, 5) is 12.8. The van der Waals surface area contributed by atoms with Gasteiger partial charge in [0.1, 0.15) is 0 Å². The zero-order chi connectivity index (χ0) is 13.7. The summed E-state index contributed by atoms with van der Waals surface area (Å²) in [5.74, 6) is 0. The molecule has 0 radical (unpaired) electrons. The summed E-state index contributed by atoms with van der Waals surface area (Å²) in [5.41, 5.74) is 7.83. The van der Waals surface area contributed by atoms with Crippen LogP contribution in [-0.4, -0.2) is 30.1 Å². The maximum Gasteiger partial charge on any atom is 0.314 e. The third-order valence-electron chi connectivity index (χ3n) is 3.67. The molecule has 2 amide bonds. The van der Waals surface area contributed by atoms with E-state index in [1.54, 1.807) is 4.90 Å². The summed E-state index contributed by atoms with van der Waals surface area (Å²) in [6.07, 6.45) is 4.23. The number of nitrogens with two attached hydrogens (primary N) is 1. The molecule has 0 aliphatic carbocycles. The van der Waals surface area contributed by atoms with Crippen LogP contribution >= 0.6 is 0 Å². The SMILES string of the molecule is CCCc1ccc(NC2CCN(C(N)=O)CC2)cc1. The molecule has 0 atom stereocenters. The summed E-state index contributed by atoms with van der Waals surface area (Å²) in [5, 5.41) is 3.53. The van der Waals surface area contributed by atoms with Crippen molar-refractivity contribution in [2.45, 2.75) is 38.6 Å². The fourth-order valence-corrected chi connectivity index (χ4v) is 2.54. The molecular weight excluding hydrogens is 238 g/mol. The number of piperidine rings is 1. The van der Waals surface area contributed by atoms with Crippen LogP contribution in [0.2, 0.25) is 0 Å². The topological polar surface area (TPSA) is 58.4 Å². The molecule has 0 unspecified atom stereocenters. The Morgan fingerprint density at radius 3 is 2.47 bits per heavy atom. The lowest BCUT2D eigenvalue weighted by Crippen LogP contribution is -2.44. The van der Waals surface area contributed by atoms with Crippen LogP contribution in [0.1, 0.15) is 31.7 Å². The molecule has 0 aromatic heterocycles. The van der Waals surface area contributed by atoms with E-state index in [1.165, 1.54) is 12.0 Å². The standard InChI is InChI=1S/C15H23N3O/c1-2-3-12-4-6-13(7-5-12)17-14-8-10-18(11-9-14)15(16)19/h4-7,14,17H,2-3,8-11H2,1H3,(H2,16,19). The van der Waals surface area contributed by atoms with Gasteiger partial charge in [0.2, 0.25) is 0 Å². The van der Waals surface area contributed by atoms with Gasteiger partial charge in [0.15, 0.2) is 0 Å². The minimum atomic E-state index is -0.303. The largest absolute Gasteiger partial charge is 0.382 e. The van der Waals surface area contributed by atoms with Gasteiger partial charge in [-0.05, 0) is 37.0 Å². The highest BCUT2D eigenvalue weighted by Gasteiger charge is 2.20. The van der Waals surface area contributed by atoms with Crippen LogP contribution in [0.4, 0.5) is 10.5 Å². The fourth-order valence-electron chi connectivity index (χ4n) is 2.54. The normalized spacial score (nSPS) is 16.4. The third-order valence-corrected chi connectivity index (χ3v) is 3.67. The first-order valence-corrected chi connectivity index (χ1v) is 7.09. The van der Waals surface area contributed by atoms with Crippen molar-refractivity contribution in [3.63, 3.8) is 0 Å². The number of aryl methyl sites for hydroxylation is 1. The van der Waals surface area contributed by atoms with Crippen LogP contribution in [0, 0.1) is 0 Å². The van der Waals surface area contributed by atoms with Crippen LogP contribution in [0.3, 0.4) is 0 Å². The molecule has 104 valence electrons. The van der Waals surface area contributed by atoms with E-state index in [4.69, 9.17) is 5.73 Å². The molecule has 4 nitrogen and oxygen atoms in total. The zero-order valence-electron chi connectivity index (χ0n) is 11.6. The van der Waals surface area contributed by atoms with Gasteiger partial charge < -0.3 is 16.0 Å². The number of likely N-dealkylation sites (tertiary alicyclic amines) is 1. The van der Waals surface area contributed by atoms with Gasteiger partial charge in [-0.15, -0.1) is 0 Å². The zero-order valence-corrected chi connectivity index (χ0v) is 11.6. The predicted molar refractivity (Wildman–Crippen MR) is 78.2 cm³/mol. The van der Waals surface area contributed by atoms with Gasteiger partial charge in [0.25, 0.3) is 0 Å². The highest BCUT2D eigenvalue weighted by atomic mass is 16.2. The molecule has 1 heterocycles. The molecule has 4 heteroatoms. The van der Waals surface area contributed by atoms with Crippen LogP contribution in [0.15, 0.2) is 24.3 Å². The van der Waals surface area contributed by atoms with E-state index in [0.29, 0.717) is 6.04 Å². The quantitative estimate of drug-likeness (QED) is 0.875. The van der Waals surface area contributed by atoms with Crippen molar-refractivity contribution < 1.29 is 4.79 Å². The van der Waals surface area contributed by atoms with Crippen molar-refractivity contribution in [1.29, 1.82) is 0 Å². The minimum absolute atomic E-state index is 0.303. The monoisotopic (exact) mass is 261 g/mol. The van der Waals surface area contributed by atoms with Gasteiger partial charge in [-0.1, -0.05) is 25.5 Å². The number of urea groups is 1. The Morgan fingerprint density at radius 1 is 1.32 bits per heavy atom. The number of anilines is 1. The van der Waals surface area contributed by atoms with E-state index < -0.39 is 0 Å². The Morgan fingerprint density at radius 2 is 1.95 bits per heavy atom. The van der Waals surface area contributed by atoms with Gasteiger partial charge in [0, 0.05) is 24.8 Å². The Kier molecular flexibility index (Phi) is 4.66. The van der Waals surface area contributed by atoms with Crippen molar-refractivity contribution in [3.8, 4) is 0 Å². The van der Waals surface area contributed by atoms with Gasteiger partial charge in [-0.2, -0.15) is 0 Å². The second kappa shape index (κ2) is 6.45. The summed E-state index contributed by atoms with van der Waals surface area (Å²) in [7, 11) is 0. The number of benzene rings is 1. The minimum Gasteiger partial charge on any atom is -0.382 e. The molecule has 1 aliphatic heterocycles. The van der Waals surface area contributed by atoms with Crippen molar-refractivity contribution >= 4 is 11.7 Å². The Balaban J connectivity index is 1.83. The number of primary amides is 1. The van der Waals surface area contributed by atoms with Crippen molar-refractivity contribution in [2.75, 3.05) is 18.4 Å². The summed E-state index contributed by atoms with van der Waals surface area (Å²) >= 11 is 0. The molecule has 0 saturated carbocycles. The van der Waals surface area contributed by atoms with E-state index >= 15 is 0 Å². The molecule has 1 aromatic carbocycles. The number of hydrogen-bond donors (Lipinski definition) is 2. The smallest absolute Gasteiger partial charge is 0.314 e. The Hall–Kier alpha value is -1.71. The van der Waals surface area contributed by atoms with Crippen molar-refractivity contribution in [1.82, 2.24) is 4.90 Å². The van der Waals surface area contributed by atoms with E-state index in [2.05, 4.69) is 36.5 Å². The first-order valence-electron chi connectivity index (χ1n) is 7.09. The number of carbonyl (C=O) groups excluding carboxylic acids is 1. The lowest BCUT2D eigenvalue weighted by molar-refractivity contribution is 0.193. The predicted octanol–water partition coefficient (Wildman–Crippen LogP) is 2.59. The molecule has 1 aromatic rings. The molecule has 0 spiro atoms. The fraction of sp³-hybridized carbons (Fsp3) is 0.533. The van der Waals surface area contributed by atoms with Crippen molar-refractivity contribution in [3.05, 3.63) is 29.8 Å². The number of hydrogen-bond acceptors (Lipinski definition) is 2. The average molecular weight is 261 g/mol. The Bertz CT molecular complexity index is 408. The highest BCUT2D eigenvalue weighted by Crippen LogP contribution is 2.17. The summed E-state index contributed by atoms with van der Waals surface area (Å²) < 4.78 is 0. The van der Waals surface area contributed by atoms with Crippen molar-refractivity contribution in [2.24, 2.45) is 5.73 Å². The maximum absolute atomic E-state index is 11.0. The second-order valence-corrected chi connectivity index (χ2v) is 5.19. The van der Waals surface area contributed by atoms with Gasteiger partial charge in [-0.3, -0.25) is 0 Å². The summed E-state index contributed by atoms with van der Waals surface area (Å²) in [6.45, 7) is 3.69. The van der Waals surface area contributed by atoms with E-state index in [0.717, 1.165) is 38.0 Å². The molecule has 1 fully saturated rings. The summed E-state index contributed by atoms with van der Waals surface area (Å²) in [6, 6.07) is 8.79. The van der Waals surface area contributed by atoms with Crippen LogP contribution in [0.25, 0.3) is 0 Å².